The van der Waals surface area contributed by atoms with Gasteiger partial charge in [0.15, 0.2) is 11.7 Å². The summed E-state index contributed by atoms with van der Waals surface area (Å²) in [7, 11) is 0. The molecule has 0 unspecified atom stereocenters. The highest BCUT2D eigenvalue weighted by atomic mass is 32.1. The summed E-state index contributed by atoms with van der Waals surface area (Å²) in [5.74, 6) is 0.842. The van der Waals surface area contributed by atoms with Gasteiger partial charge in [0.1, 0.15) is 30.5 Å². The highest BCUT2D eigenvalue weighted by Gasteiger charge is 2.14. The monoisotopic (exact) mass is 493 g/mol. The van der Waals surface area contributed by atoms with Crippen molar-refractivity contribution in [3.8, 4) is 17.2 Å². The van der Waals surface area contributed by atoms with E-state index in [1.807, 2.05) is 62.4 Å². The molecule has 0 aromatic heterocycles. The van der Waals surface area contributed by atoms with Crippen LogP contribution in [0, 0.1) is 13.8 Å². The van der Waals surface area contributed by atoms with Gasteiger partial charge in [-0.15, -0.1) is 0 Å². The van der Waals surface area contributed by atoms with Crippen LogP contribution in [0.4, 0.5) is 0 Å². The number of aryl methyl sites for hydroxylation is 2. The molecule has 0 saturated heterocycles. The Bertz CT molecular complexity index is 1150. The third-order valence-corrected chi connectivity index (χ3v) is 4.99. The first kappa shape index (κ1) is 25.5. The molecule has 3 aromatic carbocycles. The van der Waals surface area contributed by atoms with Crippen LogP contribution < -0.4 is 30.4 Å². The normalized spacial score (nSPS) is 10.1. The summed E-state index contributed by atoms with van der Waals surface area (Å²) in [6, 6.07) is 21.9. The smallest absolute Gasteiger partial charge is 0.276 e. The van der Waals surface area contributed by atoms with Crippen molar-refractivity contribution in [3.63, 3.8) is 0 Å². The molecule has 3 rings (SSSR count). The molecular formula is C26H27N3O5S. The Labute approximate surface area is 209 Å². The second-order valence-corrected chi connectivity index (χ2v) is 7.88. The second kappa shape index (κ2) is 13.0. The van der Waals surface area contributed by atoms with Gasteiger partial charge in [-0.05, 0) is 61.5 Å². The summed E-state index contributed by atoms with van der Waals surface area (Å²) in [5.41, 5.74) is 7.06. The second-order valence-electron chi connectivity index (χ2n) is 7.47. The van der Waals surface area contributed by atoms with Gasteiger partial charge in [0, 0.05) is 0 Å². The fraction of sp³-hybridized carbons (Fsp3) is 0.192. The summed E-state index contributed by atoms with van der Waals surface area (Å²) >= 11 is 5.11. The van der Waals surface area contributed by atoms with Crippen molar-refractivity contribution in [2.45, 2.75) is 13.8 Å². The van der Waals surface area contributed by atoms with Crippen LogP contribution in [0.2, 0.25) is 0 Å². The number of carbonyl (C=O) groups excluding carboxylic acids is 2. The Morgan fingerprint density at radius 1 is 0.771 bits per heavy atom. The van der Waals surface area contributed by atoms with Crippen molar-refractivity contribution >= 4 is 29.1 Å². The van der Waals surface area contributed by atoms with Gasteiger partial charge in [-0.1, -0.05) is 48.5 Å². The molecule has 3 aromatic rings. The van der Waals surface area contributed by atoms with E-state index in [4.69, 9.17) is 26.4 Å². The van der Waals surface area contributed by atoms with Crippen LogP contribution in [0.3, 0.4) is 0 Å². The number of nitrogens with one attached hydrogen (secondary N) is 3. The van der Waals surface area contributed by atoms with Crippen molar-refractivity contribution in [3.05, 3.63) is 89.5 Å². The van der Waals surface area contributed by atoms with E-state index in [2.05, 4.69) is 16.2 Å². The Morgan fingerprint density at radius 3 is 2.17 bits per heavy atom. The topological polar surface area (TPSA) is 97.9 Å². The van der Waals surface area contributed by atoms with Crippen molar-refractivity contribution in [1.29, 1.82) is 0 Å². The van der Waals surface area contributed by atoms with E-state index in [1.54, 1.807) is 24.3 Å². The fourth-order valence-electron chi connectivity index (χ4n) is 3.14. The number of hydrogen-bond acceptors (Lipinski definition) is 6. The zero-order valence-corrected chi connectivity index (χ0v) is 20.3. The summed E-state index contributed by atoms with van der Waals surface area (Å²) in [6.07, 6.45) is 0. The number of amides is 2. The average Bonchev–Trinajstić information content (AvgIpc) is 2.86. The molecule has 3 N–H and O–H groups in total. The molecule has 0 aliphatic carbocycles. The summed E-state index contributed by atoms with van der Waals surface area (Å²) < 4.78 is 16.9. The lowest BCUT2D eigenvalue weighted by atomic mass is 10.1. The Balaban J connectivity index is 1.43. The van der Waals surface area contributed by atoms with Gasteiger partial charge in [-0.25, -0.2) is 0 Å². The maximum absolute atomic E-state index is 12.7. The van der Waals surface area contributed by atoms with Gasteiger partial charge in [-0.3, -0.25) is 25.8 Å². The molecule has 0 spiro atoms. The Kier molecular flexibility index (Phi) is 9.44. The highest BCUT2D eigenvalue weighted by Crippen LogP contribution is 2.22. The Hall–Kier alpha value is -4.11. The van der Waals surface area contributed by atoms with E-state index in [0.717, 1.165) is 16.9 Å². The largest absolute Gasteiger partial charge is 0.490 e. The standard InChI is InChI=1S/C26H27N3O5S/c1-18-9-8-10-19(2)24(18)34-17-23(30)28-29-26(35)27-25(31)21-13-6-7-14-22(21)33-16-15-32-20-11-4-3-5-12-20/h3-14H,15-17H2,1-2H3,(H,28,30)(H2,27,29,31,35). The predicted octanol–water partition coefficient (Wildman–Crippen LogP) is 3.48. The van der Waals surface area contributed by atoms with Crippen LogP contribution in [-0.2, 0) is 4.79 Å². The predicted molar refractivity (Wildman–Crippen MR) is 137 cm³/mol. The fourth-order valence-corrected chi connectivity index (χ4v) is 3.28. The summed E-state index contributed by atoms with van der Waals surface area (Å²) in [4.78, 5) is 24.8. The van der Waals surface area contributed by atoms with Crippen molar-refractivity contribution in [2.24, 2.45) is 0 Å². The lowest BCUT2D eigenvalue weighted by Crippen LogP contribution is -2.49. The van der Waals surface area contributed by atoms with E-state index in [0.29, 0.717) is 23.7 Å². The van der Waals surface area contributed by atoms with E-state index in [1.165, 1.54) is 0 Å². The number of carbonyl (C=O) groups is 2. The van der Waals surface area contributed by atoms with Gasteiger partial charge < -0.3 is 14.2 Å². The number of hydrogen-bond donors (Lipinski definition) is 3. The van der Waals surface area contributed by atoms with Crippen LogP contribution in [0.15, 0.2) is 72.8 Å². The minimum absolute atomic E-state index is 0.0716. The number of thiocarbonyl (C=S) groups is 1. The number of hydrazine groups is 1. The van der Waals surface area contributed by atoms with Gasteiger partial charge in [0.05, 0.1) is 5.56 Å². The zero-order valence-electron chi connectivity index (χ0n) is 19.5. The number of ether oxygens (including phenoxy) is 3. The molecule has 0 aliphatic rings. The Morgan fingerprint density at radius 2 is 1.43 bits per heavy atom. The average molecular weight is 494 g/mol. The van der Waals surface area contributed by atoms with E-state index >= 15 is 0 Å². The van der Waals surface area contributed by atoms with Crippen LogP contribution >= 0.6 is 12.2 Å². The molecule has 0 fully saturated rings. The van der Waals surface area contributed by atoms with E-state index < -0.39 is 11.8 Å². The molecule has 8 nitrogen and oxygen atoms in total. The number of benzene rings is 3. The molecule has 0 radical (unpaired) electrons. The van der Waals surface area contributed by atoms with Crippen LogP contribution in [0.5, 0.6) is 17.2 Å². The SMILES string of the molecule is Cc1cccc(C)c1OCC(=O)NNC(=S)NC(=O)c1ccccc1OCCOc1ccccc1. The van der Waals surface area contributed by atoms with E-state index in [-0.39, 0.29) is 18.3 Å². The molecular weight excluding hydrogens is 466 g/mol. The van der Waals surface area contributed by atoms with Gasteiger partial charge >= 0.3 is 0 Å². The molecule has 0 aliphatic heterocycles. The first-order valence-corrected chi connectivity index (χ1v) is 11.3. The molecule has 182 valence electrons. The summed E-state index contributed by atoms with van der Waals surface area (Å²) in [5, 5.41) is 2.44. The third kappa shape index (κ3) is 8.01. The molecule has 35 heavy (non-hydrogen) atoms. The first-order chi connectivity index (χ1) is 16.9. The number of para-hydroxylation sites is 3. The van der Waals surface area contributed by atoms with Crippen LogP contribution in [0.25, 0.3) is 0 Å². The molecule has 0 atom stereocenters. The maximum atomic E-state index is 12.7. The van der Waals surface area contributed by atoms with Gasteiger partial charge in [0.2, 0.25) is 0 Å². The van der Waals surface area contributed by atoms with Crippen LogP contribution in [-0.4, -0.2) is 36.7 Å². The lowest BCUT2D eigenvalue weighted by molar-refractivity contribution is -0.123. The first-order valence-electron chi connectivity index (χ1n) is 10.9. The summed E-state index contributed by atoms with van der Waals surface area (Å²) in [6.45, 7) is 4.16. The van der Waals surface area contributed by atoms with Crippen molar-refractivity contribution < 1.29 is 23.8 Å². The number of rotatable bonds is 9. The third-order valence-electron chi connectivity index (χ3n) is 4.78. The molecule has 0 bridgehead atoms. The quantitative estimate of drug-likeness (QED) is 0.239. The van der Waals surface area contributed by atoms with Crippen LogP contribution in [0.1, 0.15) is 21.5 Å². The van der Waals surface area contributed by atoms with Crippen molar-refractivity contribution in [1.82, 2.24) is 16.2 Å². The lowest BCUT2D eigenvalue weighted by Gasteiger charge is -2.14. The molecule has 0 heterocycles. The van der Waals surface area contributed by atoms with Crippen molar-refractivity contribution in [2.75, 3.05) is 19.8 Å². The van der Waals surface area contributed by atoms with E-state index in [9.17, 15) is 9.59 Å². The van der Waals surface area contributed by atoms with Gasteiger partial charge in [-0.2, -0.15) is 0 Å². The maximum Gasteiger partial charge on any atom is 0.276 e. The molecule has 9 heteroatoms. The highest BCUT2D eigenvalue weighted by molar-refractivity contribution is 7.80. The van der Waals surface area contributed by atoms with Gasteiger partial charge in [0.25, 0.3) is 11.8 Å². The zero-order chi connectivity index (χ0) is 25.0. The minimum Gasteiger partial charge on any atom is -0.490 e. The molecule has 2 amide bonds. The minimum atomic E-state index is -0.483. The molecule has 0 saturated carbocycles.